The Morgan fingerprint density at radius 2 is 1.30 bits per heavy atom. The number of rotatable bonds is 5. The number of hydrogen-bond acceptors (Lipinski definition) is 1. The standard InChI is InChI=1S/C29H48NOPS/c1-26(2,3)32(27(4,5)6)24-13-11-10-12-23(24)25(30-33(31)28(7,8)9)29-17-20-14-21(18-29)16-22(15-20)19-29/h10-13,20-22,25,30H,14-19H2,1-9H3/t20?,21?,22?,25?,29?,33-/m1/s1. The zero-order valence-electron chi connectivity index (χ0n) is 22.6. The lowest BCUT2D eigenvalue weighted by Crippen LogP contribution is -2.54. The van der Waals surface area contributed by atoms with Crippen LogP contribution >= 0.6 is 7.92 Å². The molecule has 4 fully saturated rings. The highest BCUT2D eigenvalue weighted by Crippen LogP contribution is 2.65. The molecule has 1 aromatic rings. The summed E-state index contributed by atoms with van der Waals surface area (Å²) < 4.78 is 17.2. The second-order valence-corrected chi connectivity index (χ2v) is 20.3. The highest BCUT2D eigenvalue weighted by atomic mass is 32.2. The predicted molar refractivity (Wildman–Crippen MR) is 147 cm³/mol. The first kappa shape index (κ1) is 25.8. The minimum atomic E-state index is -1.09. The molecule has 0 heterocycles. The van der Waals surface area contributed by atoms with Crippen LogP contribution < -0.4 is 10.0 Å². The molecule has 0 spiro atoms. The summed E-state index contributed by atoms with van der Waals surface area (Å²) in [5.74, 6) is 2.63. The zero-order chi connectivity index (χ0) is 24.4. The van der Waals surface area contributed by atoms with Gasteiger partial charge in [0.05, 0.1) is 21.8 Å². The maximum atomic E-state index is 13.6. The second-order valence-electron chi connectivity index (χ2n) is 14.4. The predicted octanol–water partition coefficient (Wildman–Crippen LogP) is 7.70. The van der Waals surface area contributed by atoms with Crippen molar-refractivity contribution in [1.82, 2.24) is 4.72 Å². The van der Waals surface area contributed by atoms with Crippen molar-refractivity contribution in [3.05, 3.63) is 29.8 Å². The molecule has 4 heteroatoms. The van der Waals surface area contributed by atoms with E-state index in [-0.39, 0.29) is 26.5 Å². The third-order valence-electron chi connectivity index (χ3n) is 8.31. The first-order valence-electron chi connectivity index (χ1n) is 13.2. The summed E-state index contributed by atoms with van der Waals surface area (Å²) in [5.41, 5.74) is 1.70. The lowest BCUT2D eigenvalue weighted by atomic mass is 9.47. The molecule has 0 aliphatic heterocycles. The molecule has 0 amide bonds. The highest BCUT2D eigenvalue weighted by molar-refractivity contribution is 7.84. The average molecular weight is 490 g/mol. The number of nitrogens with one attached hydrogen (secondary N) is 1. The molecule has 4 saturated carbocycles. The molecule has 1 aromatic carbocycles. The van der Waals surface area contributed by atoms with E-state index >= 15 is 0 Å². The van der Waals surface area contributed by atoms with Gasteiger partial charge in [0.15, 0.2) is 0 Å². The Kier molecular flexibility index (Phi) is 6.82. The minimum Gasteiger partial charge on any atom is -0.242 e. The van der Waals surface area contributed by atoms with E-state index in [0.717, 1.165) is 17.8 Å². The molecule has 0 radical (unpaired) electrons. The molecule has 0 aromatic heterocycles. The second kappa shape index (κ2) is 8.70. The van der Waals surface area contributed by atoms with E-state index in [0.29, 0.717) is 0 Å². The van der Waals surface area contributed by atoms with Crippen LogP contribution in [0.4, 0.5) is 0 Å². The molecule has 4 bridgehead atoms. The van der Waals surface area contributed by atoms with Gasteiger partial charge in [-0.05, 0) is 104 Å². The summed E-state index contributed by atoms with van der Waals surface area (Å²) in [4.78, 5) is 0. The Labute approximate surface area is 207 Å². The Morgan fingerprint density at radius 3 is 1.73 bits per heavy atom. The molecule has 0 saturated heterocycles. The van der Waals surface area contributed by atoms with Crippen molar-refractivity contribution < 1.29 is 4.21 Å². The maximum Gasteiger partial charge on any atom is 0.0976 e. The normalized spacial score (nSPS) is 31.8. The van der Waals surface area contributed by atoms with Crippen LogP contribution in [0.25, 0.3) is 0 Å². The van der Waals surface area contributed by atoms with Gasteiger partial charge in [-0.2, -0.15) is 0 Å². The van der Waals surface area contributed by atoms with E-state index in [1.54, 1.807) is 0 Å². The van der Waals surface area contributed by atoms with Crippen molar-refractivity contribution in [2.45, 2.75) is 122 Å². The maximum absolute atomic E-state index is 13.6. The molecule has 33 heavy (non-hydrogen) atoms. The Morgan fingerprint density at radius 1 is 0.848 bits per heavy atom. The van der Waals surface area contributed by atoms with Gasteiger partial charge in [-0.1, -0.05) is 73.7 Å². The Balaban J connectivity index is 1.85. The smallest absolute Gasteiger partial charge is 0.0976 e. The SMILES string of the molecule is CC(C)(C)P(c1ccccc1C(N[S@](=O)C(C)(C)C)C12CC3CC(CC(C3)C1)C2)C(C)(C)C. The molecular formula is C29H48NOPS. The van der Waals surface area contributed by atoms with Gasteiger partial charge in [0.2, 0.25) is 0 Å². The van der Waals surface area contributed by atoms with Gasteiger partial charge in [0.1, 0.15) is 0 Å². The summed E-state index contributed by atoms with van der Waals surface area (Å²) in [6, 6.07) is 9.44. The van der Waals surface area contributed by atoms with Crippen LogP contribution in [0.1, 0.15) is 112 Å². The monoisotopic (exact) mass is 489 g/mol. The lowest BCUT2D eigenvalue weighted by Gasteiger charge is -2.60. The fourth-order valence-corrected chi connectivity index (χ4v) is 13.1. The molecule has 4 aliphatic rings. The van der Waals surface area contributed by atoms with Crippen LogP contribution in [0, 0.1) is 23.2 Å². The third-order valence-corrected chi connectivity index (χ3v) is 13.4. The largest absolute Gasteiger partial charge is 0.242 e. The molecule has 5 rings (SSSR count). The first-order valence-corrected chi connectivity index (χ1v) is 15.7. The van der Waals surface area contributed by atoms with Crippen LogP contribution in [0.5, 0.6) is 0 Å². The van der Waals surface area contributed by atoms with Gasteiger partial charge in [-0.3, -0.25) is 0 Å². The Bertz CT molecular complexity index is 839. The van der Waals surface area contributed by atoms with Crippen molar-refractivity contribution in [2.24, 2.45) is 23.2 Å². The van der Waals surface area contributed by atoms with Crippen molar-refractivity contribution in [3.8, 4) is 0 Å². The van der Waals surface area contributed by atoms with E-state index in [1.165, 1.54) is 49.4 Å². The van der Waals surface area contributed by atoms with Crippen LogP contribution in [0.2, 0.25) is 0 Å². The fraction of sp³-hybridized carbons (Fsp3) is 0.793. The summed E-state index contributed by atoms with van der Waals surface area (Å²) in [5, 5.41) is 1.95. The topological polar surface area (TPSA) is 29.1 Å². The van der Waals surface area contributed by atoms with Crippen LogP contribution in [0.15, 0.2) is 24.3 Å². The average Bonchev–Trinajstić information content (AvgIpc) is 2.62. The molecule has 2 nitrogen and oxygen atoms in total. The molecule has 186 valence electrons. The van der Waals surface area contributed by atoms with Crippen molar-refractivity contribution in [3.63, 3.8) is 0 Å². The van der Waals surface area contributed by atoms with Crippen LogP contribution in [0.3, 0.4) is 0 Å². The van der Waals surface area contributed by atoms with Crippen molar-refractivity contribution >= 4 is 24.2 Å². The Hall–Kier alpha value is -0.240. The van der Waals surface area contributed by atoms with E-state index in [4.69, 9.17) is 0 Å². The van der Waals surface area contributed by atoms with Gasteiger partial charge >= 0.3 is 0 Å². The van der Waals surface area contributed by atoms with E-state index in [1.807, 2.05) is 0 Å². The van der Waals surface area contributed by atoms with Gasteiger partial charge in [-0.15, -0.1) is 0 Å². The minimum absolute atomic E-state index is 0.178. The number of hydrogen-bond donors (Lipinski definition) is 1. The van der Waals surface area contributed by atoms with Gasteiger partial charge in [0, 0.05) is 0 Å². The third kappa shape index (κ3) is 5.17. The summed E-state index contributed by atoms with van der Waals surface area (Å²) in [6.07, 6.45) is 8.26. The van der Waals surface area contributed by atoms with Crippen molar-refractivity contribution in [1.29, 1.82) is 0 Å². The van der Waals surface area contributed by atoms with E-state index in [2.05, 4.69) is 91.3 Å². The highest BCUT2D eigenvalue weighted by Gasteiger charge is 2.55. The summed E-state index contributed by atoms with van der Waals surface area (Å²) in [6.45, 7) is 20.8. The molecule has 2 atom stereocenters. The van der Waals surface area contributed by atoms with Crippen LogP contribution in [-0.2, 0) is 11.0 Å². The fourth-order valence-electron chi connectivity index (χ4n) is 8.00. The van der Waals surface area contributed by atoms with Gasteiger partial charge in [-0.25, -0.2) is 8.93 Å². The quantitative estimate of drug-likeness (QED) is 0.422. The van der Waals surface area contributed by atoms with Gasteiger partial charge < -0.3 is 0 Å². The van der Waals surface area contributed by atoms with E-state index < -0.39 is 18.9 Å². The first-order chi connectivity index (χ1) is 15.1. The molecule has 1 N–H and O–H groups in total. The van der Waals surface area contributed by atoms with Gasteiger partial charge in [0.25, 0.3) is 0 Å². The zero-order valence-corrected chi connectivity index (χ0v) is 24.3. The van der Waals surface area contributed by atoms with E-state index in [9.17, 15) is 4.21 Å². The summed E-state index contributed by atoms with van der Waals surface area (Å²) in [7, 11) is -1.51. The molecule has 4 aliphatic carbocycles. The molecular weight excluding hydrogens is 441 g/mol. The van der Waals surface area contributed by atoms with Crippen molar-refractivity contribution in [2.75, 3.05) is 0 Å². The number of benzene rings is 1. The lowest BCUT2D eigenvalue weighted by molar-refractivity contribution is -0.0705. The van der Waals surface area contributed by atoms with Crippen LogP contribution in [-0.4, -0.2) is 19.3 Å². The summed E-state index contributed by atoms with van der Waals surface area (Å²) >= 11 is 0. The molecule has 1 unspecified atom stereocenters.